The Morgan fingerprint density at radius 1 is 0.741 bits per heavy atom. The maximum Gasteiger partial charge on any atom is 0.229 e. The van der Waals surface area contributed by atoms with Gasteiger partial charge in [0.2, 0.25) is 5.78 Å². The van der Waals surface area contributed by atoms with Gasteiger partial charge in [-0.3, -0.25) is 14.4 Å². The van der Waals surface area contributed by atoms with Crippen molar-refractivity contribution in [1.82, 2.24) is 0 Å². The second-order valence-corrected chi connectivity index (χ2v) is 6.48. The molecule has 4 heteroatoms. The van der Waals surface area contributed by atoms with E-state index in [9.17, 15) is 14.4 Å². The van der Waals surface area contributed by atoms with Crippen LogP contribution in [0, 0.1) is 0 Å². The van der Waals surface area contributed by atoms with Crippen LogP contribution in [0.3, 0.4) is 0 Å². The first-order valence-electron chi connectivity index (χ1n) is 8.59. The molecule has 1 heterocycles. The molecule has 0 radical (unpaired) electrons. The van der Waals surface area contributed by atoms with E-state index < -0.39 is 5.78 Å². The molecule has 1 aliphatic carbocycles. The Labute approximate surface area is 156 Å². The van der Waals surface area contributed by atoms with Gasteiger partial charge in [0, 0.05) is 22.3 Å². The number of Topliss-reactive ketones (excluding diaryl/α,β-unsaturated/α-hetero) is 2. The number of hydrogen-bond acceptors (Lipinski definition) is 4. The first-order valence-corrected chi connectivity index (χ1v) is 8.59. The number of allylic oxidation sites excluding steroid dienone is 2. The monoisotopic (exact) mass is 356 g/mol. The molecule has 0 N–H and O–H groups in total. The lowest BCUT2D eigenvalue weighted by molar-refractivity contribution is 0.0965. The van der Waals surface area contributed by atoms with Crippen molar-refractivity contribution in [1.29, 1.82) is 0 Å². The number of ketones is 3. The molecule has 1 aliphatic rings. The summed E-state index contributed by atoms with van der Waals surface area (Å²) in [5, 5.41) is 0. The van der Waals surface area contributed by atoms with Crippen LogP contribution in [0.15, 0.2) is 76.2 Å². The summed E-state index contributed by atoms with van der Waals surface area (Å²) in [5.41, 5.74) is 2.01. The fourth-order valence-electron chi connectivity index (χ4n) is 3.25. The Balaban J connectivity index is 2.01. The van der Waals surface area contributed by atoms with Gasteiger partial charge in [-0.1, -0.05) is 60.7 Å². The third-order valence-corrected chi connectivity index (χ3v) is 4.88. The molecule has 27 heavy (non-hydrogen) atoms. The topological polar surface area (TPSA) is 64.3 Å². The standard InChI is InChI=1S/C23H16O4/c1-13-14(2)20(25)18-17(19(13)24)22(16-11-7-4-8-12-16)27-23(18)21(26)15-9-5-3-6-10-15/h3-12H,1-2H3. The van der Waals surface area contributed by atoms with E-state index in [1.807, 2.05) is 18.2 Å². The number of benzene rings is 2. The van der Waals surface area contributed by atoms with Gasteiger partial charge >= 0.3 is 0 Å². The number of rotatable bonds is 3. The number of carbonyl (C=O) groups is 3. The van der Waals surface area contributed by atoms with E-state index in [4.69, 9.17) is 4.42 Å². The van der Waals surface area contributed by atoms with E-state index in [1.165, 1.54) is 0 Å². The lowest BCUT2D eigenvalue weighted by Crippen LogP contribution is -2.20. The molecule has 0 amide bonds. The highest BCUT2D eigenvalue weighted by Crippen LogP contribution is 2.39. The van der Waals surface area contributed by atoms with Gasteiger partial charge in [0.1, 0.15) is 5.76 Å². The Hall–Kier alpha value is -3.53. The summed E-state index contributed by atoms with van der Waals surface area (Å²) in [5.74, 6) is -0.859. The summed E-state index contributed by atoms with van der Waals surface area (Å²) in [6.45, 7) is 3.23. The van der Waals surface area contributed by atoms with Gasteiger partial charge in [0.05, 0.1) is 11.1 Å². The molecule has 0 saturated carbocycles. The molecule has 0 fully saturated rings. The maximum atomic E-state index is 13.0. The molecule has 0 bridgehead atoms. The smallest absolute Gasteiger partial charge is 0.229 e. The summed E-state index contributed by atoms with van der Waals surface area (Å²) < 4.78 is 5.89. The van der Waals surface area contributed by atoms with Gasteiger partial charge in [-0.05, 0) is 13.8 Å². The minimum absolute atomic E-state index is 0.0656. The number of fused-ring (bicyclic) bond motifs is 1. The maximum absolute atomic E-state index is 13.0. The van der Waals surface area contributed by atoms with Crippen LogP contribution in [0.5, 0.6) is 0 Å². The highest BCUT2D eigenvalue weighted by Gasteiger charge is 2.38. The zero-order valence-electron chi connectivity index (χ0n) is 14.9. The van der Waals surface area contributed by atoms with Crippen LogP contribution in [0.25, 0.3) is 11.3 Å². The van der Waals surface area contributed by atoms with Crippen LogP contribution in [-0.4, -0.2) is 17.3 Å². The van der Waals surface area contributed by atoms with Crippen molar-refractivity contribution in [3.63, 3.8) is 0 Å². The molecule has 1 aromatic heterocycles. The molecule has 0 atom stereocenters. The summed E-state index contributed by atoms with van der Waals surface area (Å²) in [6, 6.07) is 17.6. The third-order valence-electron chi connectivity index (χ3n) is 4.88. The third kappa shape index (κ3) is 2.57. The predicted molar refractivity (Wildman–Crippen MR) is 101 cm³/mol. The Bertz CT molecular complexity index is 1120. The van der Waals surface area contributed by atoms with E-state index in [0.717, 1.165) is 0 Å². The Kier molecular flexibility index (Phi) is 3.96. The molecule has 3 aromatic rings. The van der Waals surface area contributed by atoms with Gasteiger partial charge < -0.3 is 4.42 Å². The summed E-state index contributed by atoms with van der Waals surface area (Å²) >= 11 is 0. The minimum atomic E-state index is -0.414. The van der Waals surface area contributed by atoms with Crippen molar-refractivity contribution < 1.29 is 18.8 Å². The molecule has 4 nitrogen and oxygen atoms in total. The Morgan fingerprint density at radius 3 is 1.85 bits per heavy atom. The fraction of sp³-hybridized carbons (Fsp3) is 0.0870. The van der Waals surface area contributed by atoms with Crippen molar-refractivity contribution in [3.8, 4) is 11.3 Å². The van der Waals surface area contributed by atoms with E-state index in [0.29, 0.717) is 22.3 Å². The molecule has 132 valence electrons. The lowest BCUT2D eigenvalue weighted by atomic mass is 9.84. The summed E-state index contributed by atoms with van der Waals surface area (Å²) in [4.78, 5) is 38.9. The molecule has 0 unspecified atom stereocenters. The van der Waals surface area contributed by atoms with Crippen LogP contribution in [0.4, 0.5) is 0 Å². The van der Waals surface area contributed by atoms with Gasteiger partial charge in [0.15, 0.2) is 17.3 Å². The number of carbonyl (C=O) groups excluding carboxylic acids is 3. The van der Waals surface area contributed by atoms with E-state index in [1.54, 1.807) is 56.3 Å². The first kappa shape index (κ1) is 16.9. The lowest BCUT2D eigenvalue weighted by Gasteiger charge is -2.14. The SMILES string of the molecule is CC1=C(C)C(=O)c2c(-c3ccccc3)oc(C(=O)c3ccccc3)c2C1=O. The van der Waals surface area contributed by atoms with Gasteiger partial charge in [0.25, 0.3) is 0 Å². The summed E-state index contributed by atoms with van der Waals surface area (Å²) in [7, 11) is 0. The fourth-order valence-corrected chi connectivity index (χ4v) is 3.25. The number of hydrogen-bond donors (Lipinski definition) is 0. The molecular formula is C23H16O4. The predicted octanol–water partition coefficient (Wildman–Crippen LogP) is 4.89. The molecule has 0 aliphatic heterocycles. The van der Waals surface area contributed by atoms with Crippen molar-refractivity contribution in [2.45, 2.75) is 13.8 Å². The number of furan rings is 1. The van der Waals surface area contributed by atoms with Crippen LogP contribution in [0.1, 0.15) is 50.7 Å². The minimum Gasteiger partial charge on any atom is -0.451 e. The molecule has 0 saturated heterocycles. The second kappa shape index (κ2) is 6.32. The van der Waals surface area contributed by atoms with Crippen LogP contribution in [-0.2, 0) is 0 Å². The first-order chi connectivity index (χ1) is 13.0. The second-order valence-electron chi connectivity index (χ2n) is 6.48. The average Bonchev–Trinajstić information content (AvgIpc) is 3.12. The van der Waals surface area contributed by atoms with Crippen molar-refractivity contribution >= 4 is 17.3 Å². The zero-order valence-corrected chi connectivity index (χ0v) is 14.9. The molecule has 2 aromatic carbocycles. The van der Waals surface area contributed by atoms with Crippen molar-refractivity contribution in [2.24, 2.45) is 0 Å². The van der Waals surface area contributed by atoms with Gasteiger partial charge in [-0.25, -0.2) is 0 Å². The zero-order chi connectivity index (χ0) is 19.1. The highest BCUT2D eigenvalue weighted by atomic mass is 16.4. The van der Waals surface area contributed by atoms with Crippen LogP contribution in [0.2, 0.25) is 0 Å². The normalized spacial score (nSPS) is 13.7. The van der Waals surface area contributed by atoms with Crippen LogP contribution < -0.4 is 0 Å². The molecule has 0 spiro atoms. The van der Waals surface area contributed by atoms with Gasteiger partial charge in [-0.2, -0.15) is 0 Å². The quantitative estimate of drug-likeness (QED) is 0.627. The van der Waals surface area contributed by atoms with Crippen LogP contribution >= 0.6 is 0 Å². The van der Waals surface area contributed by atoms with E-state index >= 15 is 0 Å². The molecule has 4 rings (SSSR count). The Morgan fingerprint density at radius 2 is 1.26 bits per heavy atom. The average molecular weight is 356 g/mol. The van der Waals surface area contributed by atoms with E-state index in [2.05, 4.69) is 0 Å². The molecular weight excluding hydrogens is 340 g/mol. The van der Waals surface area contributed by atoms with Crippen molar-refractivity contribution in [3.05, 3.63) is 94.3 Å². The van der Waals surface area contributed by atoms with Crippen molar-refractivity contribution in [2.75, 3.05) is 0 Å². The van der Waals surface area contributed by atoms with Gasteiger partial charge in [-0.15, -0.1) is 0 Å². The largest absolute Gasteiger partial charge is 0.451 e. The van der Waals surface area contributed by atoms with E-state index in [-0.39, 0.29) is 34.2 Å². The highest BCUT2D eigenvalue weighted by molar-refractivity contribution is 6.31. The summed E-state index contributed by atoms with van der Waals surface area (Å²) in [6.07, 6.45) is 0.